The van der Waals surface area contributed by atoms with Crippen LogP contribution in [0.2, 0.25) is 0 Å². The molecule has 0 radical (unpaired) electrons. The molecule has 1 fully saturated rings. The molecule has 3 heterocycles. The van der Waals surface area contributed by atoms with Gasteiger partial charge in [0, 0.05) is 17.6 Å². The predicted octanol–water partition coefficient (Wildman–Crippen LogP) is 5.39. The second-order valence-electron chi connectivity index (χ2n) is 8.00. The van der Waals surface area contributed by atoms with Crippen LogP contribution in [0.1, 0.15) is 28.8 Å². The fourth-order valence-electron chi connectivity index (χ4n) is 4.16. The summed E-state index contributed by atoms with van der Waals surface area (Å²) < 4.78 is 5.50. The predicted molar refractivity (Wildman–Crippen MR) is 123 cm³/mol. The maximum atomic E-state index is 13.2. The van der Waals surface area contributed by atoms with Crippen LogP contribution < -0.4 is 5.32 Å². The lowest BCUT2D eigenvalue weighted by Crippen LogP contribution is -2.21. The number of pyridine rings is 1. The summed E-state index contributed by atoms with van der Waals surface area (Å²) in [5.41, 5.74) is 4.06. The van der Waals surface area contributed by atoms with Crippen LogP contribution in [0.5, 0.6) is 0 Å². The van der Waals surface area contributed by atoms with Crippen molar-refractivity contribution < 1.29 is 9.21 Å². The molecule has 0 atom stereocenters. The van der Waals surface area contributed by atoms with E-state index in [0.717, 1.165) is 29.6 Å². The normalized spacial score (nSPS) is 14.2. The Labute approximate surface area is 181 Å². The number of likely N-dealkylation sites (tertiary alicyclic amines) is 1. The summed E-state index contributed by atoms with van der Waals surface area (Å²) in [6, 6.07) is 21.3. The first-order valence-corrected chi connectivity index (χ1v) is 10.8. The van der Waals surface area contributed by atoms with Gasteiger partial charge in [0.25, 0.3) is 5.91 Å². The van der Waals surface area contributed by atoms with Crippen LogP contribution in [0.25, 0.3) is 22.4 Å². The molecule has 5 rings (SSSR count). The third-order valence-corrected chi connectivity index (χ3v) is 5.86. The summed E-state index contributed by atoms with van der Waals surface area (Å²) in [4.78, 5) is 20.3. The Balaban J connectivity index is 1.35. The highest BCUT2D eigenvalue weighted by Crippen LogP contribution is 2.26. The highest BCUT2D eigenvalue weighted by Gasteiger charge is 2.15. The first-order chi connectivity index (χ1) is 15.3. The van der Waals surface area contributed by atoms with Gasteiger partial charge in [0.1, 0.15) is 5.69 Å². The lowest BCUT2D eigenvalue weighted by atomic mass is 10.1. The van der Waals surface area contributed by atoms with Gasteiger partial charge >= 0.3 is 0 Å². The van der Waals surface area contributed by atoms with Gasteiger partial charge in [-0.05, 0) is 74.3 Å². The van der Waals surface area contributed by atoms with E-state index in [9.17, 15) is 4.79 Å². The Hall–Kier alpha value is -3.44. The molecule has 0 aliphatic carbocycles. The molecule has 1 amide bonds. The van der Waals surface area contributed by atoms with Crippen molar-refractivity contribution in [1.29, 1.82) is 0 Å². The molecular weight excluding hydrogens is 386 g/mol. The van der Waals surface area contributed by atoms with Gasteiger partial charge in [-0.2, -0.15) is 0 Å². The molecule has 5 heteroatoms. The Morgan fingerprint density at radius 2 is 1.81 bits per heavy atom. The fourth-order valence-corrected chi connectivity index (χ4v) is 4.16. The summed E-state index contributed by atoms with van der Waals surface area (Å²) in [7, 11) is 0. The average Bonchev–Trinajstić information content (AvgIpc) is 3.52. The molecule has 4 aromatic rings. The van der Waals surface area contributed by atoms with Crippen molar-refractivity contribution in [3.8, 4) is 11.5 Å². The number of hydrogen-bond donors (Lipinski definition) is 1. The van der Waals surface area contributed by atoms with Crippen LogP contribution in [-0.2, 0) is 6.42 Å². The van der Waals surface area contributed by atoms with Crippen molar-refractivity contribution in [3.05, 3.63) is 84.1 Å². The summed E-state index contributed by atoms with van der Waals surface area (Å²) >= 11 is 0. The molecule has 0 spiro atoms. The van der Waals surface area contributed by atoms with Crippen molar-refractivity contribution in [2.45, 2.75) is 19.3 Å². The van der Waals surface area contributed by atoms with E-state index in [-0.39, 0.29) is 5.91 Å². The average molecular weight is 412 g/mol. The largest absolute Gasteiger partial charge is 0.463 e. The molecule has 2 aromatic carbocycles. The molecule has 1 aliphatic heterocycles. The maximum Gasteiger partial charge on any atom is 0.256 e. The van der Waals surface area contributed by atoms with Gasteiger partial charge in [-0.3, -0.25) is 4.79 Å². The number of nitrogens with one attached hydrogen (secondary N) is 1. The van der Waals surface area contributed by atoms with E-state index in [4.69, 9.17) is 4.42 Å². The van der Waals surface area contributed by atoms with Crippen LogP contribution in [0.4, 0.5) is 5.69 Å². The first kappa shape index (κ1) is 19.5. The van der Waals surface area contributed by atoms with E-state index in [1.54, 1.807) is 12.3 Å². The zero-order valence-electron chi connectivity index (χ0n) is 17.4. The maximum absolute atomic E-state index is 13.2. The Bertz CT molecular complexity index is 1180. The van der Waals surface area contributed by atoms with Crippen LogP contribution in [0.3, 0.4) is 0 Å². The monoisotopic (exact) mass is 411 g/mol. The number of amides is 1. The summed E-state index contributed by atoms with van der Waals surface area (Å²) in [5.74, 6) is 0.485. The lowest BCUT2D eigenvalue weighted by Gasteiger charge is -2.14. The minimum Gasteiger partial charge on any atom is -0.463 e. The van der Waals surface area contributed by atoms with Crippen molar-refractivity contribution in [2.24, 2.45) is 0 Å². The van der Waals surface area contributed by atoms with Gasteiger partial charge in [-0.15, -0.1) is 0 Å². The van der Waals surface area contributed by atoms with E-state index in [1.807, 2.05) is 48.5 Å². The number of rotatable bonds is 6. The molecular formula is C26H25N3O2. The van der Waals surface area contributed by atoms with Gasteiger partial charge in [0.2, 0.25) is 0 Å². The van der Waals surface area contributed by atoms with Crippen molar-refractivity contribution in [2.75, 3.05) is 25.0 Å². The minimum absolute atomic E-state index is 0.156. The van der Waals surface area contributed by atoms with E-state index in [1.165, 1.54) is 31.5 Å². The number of furan rings is 1. The quantitative estimate of drug-likeness (QED) is 0.462. The lowest BCUT2D eigenvalue weighted by molar-refractivity contribution is 0.102. The number of anilines is 1. The molecule has 1 aliphatic rings. The molecule has 2 aromatic heterocycles. The number of carbonyl (C=O) groups excluding carboxylic acids is 1. The van der Waals surface area contributed by atoms with Crippen LogP contribution in [0.15, 0.2) is 77.4 Å². The van der Waals surface area contributed by atoms with Crippen LogP contribution in [0, 0.1) is 0 Å². The number of carbonyl (C=O) groups is 1. The number of benzene rings is 2. The second-order valence-corrected chi connectivity index (χ2v) is 8.00. The Morgan fingerprint density at radius 1 is 1.00 bits per heavy atom. The van der Waals surface area contributed by atoms with E-state index in [2.05, 4.69) is 27.3 Å². The van der Waals surface area contributed by atoms with E-state index >= 15 is 0 Å². The highest BCUT2D eigenvalue weighted by molar-refractivity contribution is 6.13. The number of para-hydroxylation sites is 1. The summed E-state index contributed by atoms with van der Waals surface area (Å²) in [6.07, 6.45) is 5.28. The molecule has 0 saturated carbocycles. The molecule has 0 bridgehead atoms. The van der Waals surface area contributed by atoms with Crippen molar-refractivity contribution in [1.82, 2.24) is 9.88 Å². The second kappa shape index (κ2) is 8.74. The van der Waals surface area contributed by atoms with Crippen LogP contribution >= 0.6 is 0 Å². The first-order valence-electron chi connectivity index (χ1n) is 10.8. The molecule has 1 N–H and O–H groups in total. The zero-order valence-corrected chi connectivity index (χ0v) is 17.4. The van der Waals surface area contributed by atoms with Gasteiger partial charge in [-0.25, -0.2) is 4.98 Å². The Kier molecular flexibility index (Phi) is 5.50. The molecule has 5 nitrogen and oxygen atoms in total. The molecule has 156 valence electrons. The SMILES string of the molecule is O=C(Nc1ccc(CCN2CCCC2)cc1)c1cc(-c2ccco2)nc2ccccc12. The Morgan fingerprint density at radius 3 is 2.58 bits per heavy atom. The summed E-state index contributed by atoms with van der Waals surface area (Å²) in [6.45, 7) is 3.53. The van der Waals surface area contributed by atoms with Crippen LogP contribution in [-0.4, -0.2) is 35.4 Å². The standard InChI is InChI=1S/C26H25N3O2/c30-26(27-20-11-9-19(10-12-20)13-16-29-14-3-4-15-29)22-18-24(25-8-5-17-31-25)28-23-7-2-1-6-21(22)23/h1-2,5-12,17-18H,3-4,13-16H2,(H,27,30). The number of fused-ring (bicyclic) bond motifs is 1. The van der Waals surface area contributed by atoms with Gasteiger partial charge in [0.15, 0.2) is 5.76 Å². The van der Waals surface area contributed by atoms with E-state index in [0.29, 0.717) is 17.0 Å². The molecule has 1 saturated heterocycles. The van der Waals surface area contributed by atoms with Gasteiger partial charge in [-0.1, -0.05) is 30.3 Å². The minimum atomic E-state index is -0.156. The highest BCUT2D eigenvalue weighted by atomic mass is 16.3. The molecule has 0 unspecified atom stereocenters. The number of nitrogens with zero attached hydrogens (tertiary/aromatic N) is 2. The third-order valence-electron chi connectivity index (χ3n) is 5.86. The zero-order chi connectivity index (χ0) is 21.0. The molecule has 31 heavy (non-hydrogen) atoms. The van der Waals surface area contributed by atoms with Crippen molar-refractivity contribution >= 4 is 22.5 Å². The van der Waals surface area contributed by atoms with Crippen molar-refractivity contribution in [3.63, 3.8) is 0 Å². The van der Waals surface area contributed by atoms with E-state index < -0.39 is 0 Å². The number of aromatic nitrogens is 1. The summed E-state index contributed by atoms with van der Waals surface area (Å²) in [5, 5.41) is 3.86. The van der Waals surface area contributed by atoms with Gasteiger partial charge < -0.3 is 14.6 Å². The van der Waals surface area contributed by atoms with Gasteiger partial charge in [0.05, 0.1) is 17.3 Å². The number of hydrogen-bond acceptors (Lipinski definition) is 4. The topological polar surface area (TPSA) is 58.4 Å². The third kappa shape index (κ3) is 4.37. The smallest absolute Gasteiger partial charge is 0.256 e. The fraction of sp³-hybridized carbons (Fsp3) is 0.231.